The van der Waals surface area contributed by atoms with Gasteiger partial charge in [-0.1, -0.05) is 36.4 Å². The van der Waals surface area contributed by atoms with E-state index < -0.39 is 0 Å². The quantitative estimate of drug-likeness (QED) is 0.508. The van der Waals surface area contributed by atoms with Crippen molar-refractivity contribution in [3.8, 4) is 5.75 Å². The van der Waals surface area contributed by atoms with Crippen molar-refractivity contribution in [1.82, 2.24) is 10.9 Å². The summed E-state index contributed by atoms with van der Waals surface area (Å²) in [4.78, 5) is 15.5. The number of benzene rings is 2. The van der Waals surface area contributed by atoms with Crippen molar-refractivity contribution in [2.45, 2.75) is 20.0 Å². The van der Waals surface area contributed by atoms with Crippen LogP contribution >= 0.6 is 0 Å². The van der Waals surface area contributed by atoms with Crippen molar-refractivity contribution < 1.29 is 14.4 Å². The molecule has 0 heterocycles. The first-order chi connectivity index (χ1) is 12.1. The number of nitrogens with one attached hydrogen (secondary N) is 2. The molecule has 1 amide bonds. The molecule has 1 unspecified atom stereocenters. The average Bonchev–Trinajstić information content (AvgIpc) is 2.67. The van der Waals surface area contributed by atoms with Crippen molar-refractivity contribution >= 4 is 12.0 Å². The molecule has 6 nitrogen and oxygen atoms in total. The van der Waals surface area contributed by atoms with E-state index in [1.807, 2.05) is 62.4 Å². The molecule has 0 aliphatic carbocycles. The smallest absolute Gasteiger partial charge is 0.225 e. The molecule has 0 aliphatic rings. The Balaban J connectivity index is 2.23. The maximum absolute atomic E-state index is 10.4. The Hall–Kier alpha value is -2.83. The van der Waals surface area contributed by atoms with E-state index in [1.165, 1.54) is 0 Å². The summed E-state index contributed by atoms with van der Waals surface area (Å²) in [5.41, 5.74) is 10.1. The summed E-state index contributed by atoms with van der Waals surface area (Å²) in [7, 11) is 1.63. The van der Waals surface area contributed by atoms with Crippen LogP contribution in [-0.4, -0.2) is 13.5 Å². The van der Waals surface area contributed by atoms with E-state index in [0.29, 0.717) is 6.41 Å². The molecule has 0 spiro atoms. The predicted molar refractivity (Wildman–Crippen MR) is 97.2 cm³/mol. The van der Waals surface area contributed by atoms with E-state index in [9.17, 15) is 4.79 Å². The number of nitrogens with two attached hydrogens (primary N) is 1. The SMILES string of the molecule is COc1ccc(C(ON)c2ccc(/C(C)=C(/C)NNC=O)cc2)cc1. The Morgan fingerprint density at radius 1 is 1.04 bits per heavy atom. The summed E-state index contributed by atoms with van der Waals surface area (Å²) < 4.78 is 5.17. The highest BCUT2D eigenvalue weighted by molar-refractivity contribution is 5.66. The van der Waals surface area contributed by atoms with Crippen molar-refractivity contribution in [3.05, 3.63) is 70.9 Å². The van der Waals surface area contributed by atoms with Gasteiger partial charge in [0, 0.05) is 5.70 Å². The van der Waals surface area contributed by atoms with Gasteiger partial charge in [0.1, 0.15) is 11.9 Å². The highest BCUT2D eigenvalue weighted by Crippen LogP contribution is 2.27. The minimum atomic E-state index is -0.361. The van der Waals surface area contributed by atoms with Gasteiger partial charge in [0.25, 0.3) is 0 Å². The molecule has 25 heavy (non-hydrogen) atoms. The van der Waals surface area contributed by atoms with Crippen molar-refractivity contribution in [3.63, 3.8) is 0 Å². The number of rotatable bonds is 8. The summed E-state index contributed by atoms with van der Waals surface area (Å²) in [6.45, 7) is 3.87. The molecule has 132 valence electrons. The summed E-state index contributed by atoms with van der Waals surface area (Å²) in [5, 5.41) is 0. The van der Waals surface area contributed by atoms with E-state index in [-0.39, 0.29) is 6.10 Å². The second-order valence-electron chi connectivity index (χ2n) is 5.55. The van der Waals surface area contributed by atoms with Gasteiger partial charge in [0.2, 0.25) is 6.41 Å². The number of hydrazine groups is 1. The highest BCUT2D eigenvalue weighted by Gasteiger charge is 2.14. The fraction of sp³-hybridized carbons (Fsp3) is 0.211. The topological polar surface area (TPSA) is 85.6 Å². The zero-order valence-corrected chi connectivity index (χ0v) is 14.6. The van der Waals surface area contributed by atoms with Crippen LogP contribution in [0.2, 0.25) is 0 Å². The molecule has 0 aliphatic heterocycles. The molecule has 1 atom stereocenters. The van der Waals surface area contributed by atoms with Gasteiger partial charge in [-0.05, 0) is 48.2 Å². The lowest BCUT2D eigenvalue weighted by Crippen LogP contribution is -2.28. The van der Waals surface area contributed by atoms with Gasteiger partial charge in [-0.3, -0.25) is 15.1 Å². The van der Waals surface area contributed by atoms with Crippen LogP contribution in [0.4, 0.5) is 0 Å². The number of carbonyl (C=O) groups excluding carboxylic acids is 1. The first-order valence-corrected chi connectivity index (χ1v) is 7.83. The van der Waals surface area contributed by atoms with Crippen molar-refractivity contribution in [2.24, 2.45) is 5.90 Å². The van der Waals surface area contributed by atoms with E-state index in [2.05, 4.69) is 10.9 Å². The molecule has 6 heteroatoms. The van der Waals surface area contributed by atoms with Gasteiger partial charge in [0.15, 0.2) is 0 Å². The lowest BCUT2D eigenvalue weighted by Gasteiger charge is -2.17. The van der Waals surface area contributed by atoms with Gasteiger partial charge >= 0.3 is 0 Å². The Morgan fingerprint density at radius 3 is 2.08 bits per heavy atom. The standard InChI is InChI=1S/C19H23N3O3/c1-13(14(2)22-21-12-23)15-4-6-16(7-5-15)19(25-20)17-8-10-18(24-3)11-9-17/h4-12,19,22H,20H2,1-3H3,(H,21,23)/b14-13-. The van der Waals surface area contributed by atoms with Gasteiger partial charge in [0.05, 0.1) is 7.11 Å². The number of hydrogen-bond acceptors (Lipinski definition) is 5. The number of allylic oxidation sites excluding steroid dienone is 2. The molecule has 0 bridgehead atoms. The van der Waals surface area contributed by atoms with Gasteiger partial charge in [-0.25, -0.2) is 5.90 Å². The summed E-state index contributed by atoms with van der Waals surface area (Å²) in [6, 6.07) is 15.5. The second-order valence-corrected chi connectivity index (χ2v) is 5.55. The molecule has 2 aromatic carbocycles. The number of methoxy groups -OCH3 is 1. The fourth-order valence-corrected chi connectivity index (χ4v) is 2.48. The van der Waals surface area contributed by atoms with E-state index in [0.717, 1.165) is 33.7 Å². The summed E-state index contributed by atoms with van der Waals surface area (Å²) in [6.07, 6.45) is 0.234. The van der Waals surface area contributed by atoms with Crippen LogP contribution in [0.3, 0.4) is 0 Å². The summed E-state index contributed by atoms with van der Waals surface area (Å²) >= 11 is 0. The monoisotopic (exact) mass is 341 g/mol. The third-order valence-corrected chi connectivity index (χ3v) is 4.08. The van der Waals surface area contributed by atoms with Crippen LogP contribution in [0.15, 0.2) is 54.2 Å². The van der Waals surface area contributed by atoms with Crippen LogP contribution < -0.4 is 21.5 Å². The fourth-order valence-electron chi connectivity index (χ4n) is 2.48. The average molecular weight is 341 g/mol. The lowest BCUT2D eigenvalue weighted by molar-refractivity contribution is -0.110. The van der Waals surface area contributed by atoms with Crippen LogP contribution in [0.5, 0.6) is 5.75 Å². The van der Waals surface area contributed by atoms with Crippen molar-refractivity contribution in [2.75, 3.05) is 7.11 Å². The normalized spacial score (nSPS) is 12.8. The minimum Gasteiger partial charge on any atom is -0.497 e. The second kappa shape index (κ2) is 8.86. The maximum Gasteiger partial charge on any atom is 0.225 e. The van der Waals surface area contributed by atoms with E-state index in [1.54, 1.807) is 7.11 Å². The lowest BCUT2D eigenvalue weighted by atomic mass is 9.98. The number of hydrogen-bond donors (Lipinski definition) is 3. The molecule has 2 rings (SSSR count). The molecule has 0 fully saturated rings. The van der Waals surface area contributed by atoms with Crippen molar-refractivity contribution in [1.29, 1.82) is 0 Å². The summed E-state index contributed by atoms with van der Waals surface area (Å²) in [5.74, 6) is 6.30. The first-order valence-electron chi connectivity index (χ1n) is 7.83. The Kier molecular flexibility index (Phi) is 6.56. The number of ether oxygens (including phenoxy) is 1. The van der Waals surface area contributed by atoms with Gasteiger partial charge in [-0.15, -0.1) is 0 Å². The Morgan fingerprint density at radius 2 is 1.60 bits per heavy atom. The maximum atomic E-state index is 10.4. The Labute approximate surface area is 147 Å². The van der Waals surface area contributed by atoms with E-state index in [4.69, 9.17) is 15.5 Å². The zero-order valence-electron chi connectivity index (χ0n) is 14.6. The van der Waals surface area contributed by atoms with Crippen LogP contribution in [-0.2, 0) is 9.63 Å². The van der Waals surface area contributed by atoms with Gasteiger partial charge in [-0.2, -0.15) is 0 Å². The Bertz CT molecular complexity index is 725. The van der Waals surface area contributed by atoms with Crippen LogP contribution in [0.1, 0.15) is 36.6 Å². The molecule has 0 saturated heterocycles. The minimum absolute atomic E-state index is 0.361. The van der Waals surface area contributed by atoms with Crippen LogP contribution in [0, 0.1) is 0 Å². The van der Waals surface area contributed by atoms with Gasteiger partial charge < -0.3 is 10.2 Å². The predicted octanol–water partition coefficient (Wildman–Crippen LogP) is 2.68. The first kappa shape index (κ1) is 18.5. The third kappa shape index (κ3) is 4.59. The zero-order chi connectivity index (χ0) is 18.2. The molecule has 2 aromatic rings. The largest absolute Gasteiger partial charge is 0.497 e. The molecular formula is C19H23N3O3. The molecule has 0 saturated carbocycles. The third-order valence-electron chi connectivity index (χ3n) is 4.08. The number of carbonyl (C=O) groups is 1. The highest BCUT2D eigenvalue weighted by atomic mass is 16.6. The molecular weight excluding hydrogens is 318 g/mol. The molecule has 0 radical (unpaired) electrons. The van der Waals surface area contributed by atoms with E-state index >= 15 is 0 Å². The van der Waals surface area contributed by atoms with Crippen LogP contribution in [0.25, 0.3) is 5.57 Å². The molecule has 0 aromatic heterocycles. The molecule has 4 N–H and O–H groups in total. The number of amides is 1.